The van der Waals surface area contributed by atoms with Gasteiger partial charge in [0.2, 0.25) is 0 Å². The number of amides is 1. The Bertz CT molecular complexity index is 178. The number of hydrogen-bond acceptors (Lipinski definition) is 2. The number of ether oxygens (including phenoxy) is 1. The molecule has 13 heavy (non-hydrogen) atoms. The Balaban J connectivity index is 3.88. The van der Waals surface area contributed by atoms with Crippen LogP contribution in [-0.4, -0.2) is 30.7 Å². The number of hydrogen-bond donors (Lipinski definition) is 0. The van der Waals surface area contributed by atoms with Gasteiger partial charge in [-0.05, 0) is 12.8 Å². The number of terminal acetylenes is 1. The highest BCUT2D eigenvalue weighted by Gasteiger charge is 2.11. The van der Waals surface area contributed by atoms with Gasteiger partial charge >= 0.3 is 6.09 Å². The minimum Gasteiger partial charge on any atom is -0.436 e. The second-order valence-electron chi connectivity index (χ2n) is 2.75. The van der Waals surface area contributed by atoms with Gasteiger partial charge < -0.3 is 9.64 Å². The Labute approximate surface area is 80.1 Å². The zero-order valence-electron chi connectivity index (χ0n) is 8.38. The van der Waals surface area contributed by atoms with Crippen molar-refractivity contribution in [1.82, 2.24) is 4.90 Å². The summed E-state index contributed by atoms with van der Waals surface area (Å²) in [5, 5.41) is 0. The van der Waals surface area contributed by atoms with Crippen molar-refractivity contribution in [3.63, 3.8) is 0 Å². The normalized spacial score (nSPS) is 9.00. The third-order valence-corrected chi connectivity index (χ3v) is 1.52. The number of carbonyl (C=O) groups is 1. The Kier molecular flexibility index (Phi) is 6.80. The second-order valence-corrected chi connectivity index (χ2v) is 2.75. The highest BCUT2D eigenvalue weighted by atomic mass is 16.6. The van der Waals surface area contributed by atoms with Crippen LogP contribution < -0.4 is 0 Å². The molecule has 0 aliphatic heterocycles. The van der Waals surface area contributed by atoms with E-state index < -0.39 is 0 Å². The number of carbonyl (C=O) groups excluding carboxylic acids is 1. The van der Waals surface area contributed by atoms with E-state index in [-0.39, 0.29) is 12.7 Å². The summed E-state index contributed by atoms with van der Waals surface area (Å²) in [4.78, 5) is 13.0. The van der Waals surface area contributed by atoms with Gasteiger partial charge in [0.25, 0.3) is 0 Å². The maximum Gasteiger partial charge on any atom is 0.410 e. The van der Waals surface area contributed by atoms with E-state index in [0.29, 0.717) is 0 Å². The summed E-state index contributed by atoms with van der Waals surface area (Å²) in [6, 6.07) is 0. The largest absolute Gasteiger partial charge is 0.436 e. The molecule has 0 aliphatic carbocycles. The van der Waals surface area contributed by atoms with Crippen molar-refractivity contribution >= 4 is 6.09 Å². The van der Waals surface area contributed by atoms with Gasteiger partial charge in [-0.2, -0.15) is 0 Å². The molecule has 0 bridgehead atoms. The summed E-state index contributed by atoms with van der Waals surface area (Å²) in [7, 11) is 0. The topological polar surface area (TPSA) is 29.5 Å². The summed E-state index contributed by atoms with van der Waals surface area (Å²) in [6.45, 7) is 5.57. The van der Waals surface area contributed by atoms with Gasteiger partial charge in [0.05, 0.1) is 0 Å². The lowest BCUT2D eigenvalue weighted by Crippen LogP contribution is -2.33. The van der Waals surface area contributed by atoms with Crippen LogP contribution in [0.15, 0.2) is 0 Å². The maximum absolute atomic E-state index is 11.3. The predicted octanol–water partition coefficient (Wildman–Crippen LogP) is 1.88. The SMILES string of the molecule is C#CCOC(=O)N(CCC)CCC. The fourth-order valence-electron chi connectivity index (χ4n) is 1.03. The average molecular weight is 183 g/mol. The molecule has 0 heterocycles. The van der Waals surface area contributed by atoms with E-state index in [2.05, 4.69) is 5.92 Å². The van der Waals surface area contributed by atoms with Gasteiger partial charge in [0.1, 0.15) is 0 Å². The third-order valence-electron chi connectivity index (χ3n) is 1.52. The summed E-state index contributed by atoms with van der Waals surface area (Å²) < 4.78 is 4.81. The second kappa shape index (κ2) is 7.48. The van der Waals surface area contributed by atoms with Crippen LogP contribution in [0.2, 0.25) is 0 Å². The molecular formula is C10H17NO2. The van der Waals surface area contributed by atoms with Crippen molar-refractivity contribution < 1.29 is 9.53 Å². The molecule has 3 nitrogen and oxygen atoms in total. The van der Waals surface area contributed by atoms with Gasteiger partial charge in [0.15, 0.2) is 6.61 Å². The minimum atomic E-state index is -0.304. The highest BCUT2D eigenvalue weighted by molar-refractivity contribution is 5.67. The first-order valence-corrected chi connectivity index (χ1v) is 4.61. The van der Waals surface area contributed by atoms with E-state index in [0.717, 1.165) is 25.9 Å². The van der Waals surface area contributed by atoms with Crippen molar-refractivity contribution in [3.8, 4) is 12.3 Å². The molecule has 0 rings (SSSR count). The van der Waals surface area contributed by atoms with Crippen molar-refractivity contribution in [2.75, 3.05) is 19.7 Å². The van der Waals surface area contributed by atoms with Crippen LogP contribution in [0.4, 0.5) is 4.79 Å². The first kappa shape index (κ1) is 11.8. The summed E-state index contributed by atoms with van der Waals surface area (Å²) >= 11 is 0. The van der Waals surface area contributed by atoms with Gasteiger partial charge in [0, 0.05) is 13.1 Å². The lowest BCUT2D eigenvalue weighted by atomic mass is 10.4. The fourth-order valence-corrected chi connectivity index (χ4v) is 1.03. The molecule has 0 aromatic carbocycles. The molecule has 0 unspecified atom stereocenters. The molecule has 0 aromatic heterocycles. The zero-order valence-corrected chi connectivity index (χ0v) is 8.38. The monoisotopic (exact) mass is 183 g/mol. The van der Waals surface area contributed by atoms with Gasteiger partial charge in [-0.15, -0.1) is 6.42 Å². The Hall–Kier alpha value is -1.17. The minimum absolute atomic E-state index is 0.0583. The van der Waals surface area contributed by atoms with Gasteiger partial charge in [-0.3, -0.25) is 0 Å². The van der Waals surface area contributed by atoms with E-state index in [1.807, 2.05) is 13.8 Å². The molecular weight excluding hydrogens is 166 g/mol. The lowest BCUT2D eigenvalue weighted by Gasteiger charge is -2.19. The van der Waals surface area contributed by atoms with Crippen LogP contribution in [0.25, 0.3) is 0 Å². The quantitative estimate of drug-likeness (QED) is 0.609. The first-order chi connectivity index (χ1) is 6.26. The maximum atomic E-state index is 11.3. The molecule has 0 fully saturated rings. The molecule has 0 radical (unpaired) electrons. The van der Waals surface area contributed by atoms with Crippen LogP contribution in [0.3, 0.4) is 0 Å². The van der Waals surface area contributed by atoms with Crippen LogP contribution in [-0.2, 0) is 4.74 Å². The van der Waals surface area contributed by atoms with Crippen molar-refractivity contribution in [2.24, 2.45) is 0 Å². The first-order valence-electron chi connectivity index (χ1n) is 4.61. The summed E-state index contributed by atoms with van der Waals surface area (Å²) in [5.74, 6) is 2.27. The Morgan fingerprint density at radius 1 is 1.38 bits per heavy atom. The molecule has 0 saturated carbocycles. The number of rotatable bonds is 5. The average Bonchev–Trinajstić information content (AvgIpc) is 2.14. The molecule has 0 N–H and O–H groups in total. The van der Waals surface area contributed by atoms with E-state index in [9.17, 15) is 4.79 Å². The molecule has 3 heteroatoms. The third kappa shape index (κ3) is 5.13. The fraction of sp³-hybridized carbons (Fsp3) is 0.700. The molecule has 0 atom stereocenters. The van der Waals surface area contributed by atoms with Crippen molar-refractivity contribution in [1.29, 1.82) is 0 Å². The van der Waals surface area contributed by atoms with Gasteiger partial charge in [-0.1, -0.05) is 19.8 Å². The molecule has 0 saturated heterocycles. The predicted molar refractivity (Wildman–Crippen MR) is 52.3 cm³/mol. The summed E-state index contributed by atoms with van der Waals surface area (Å²) in [5.41, 5.74) is 0. The van der Waals surface area contributed by atoms with Crippen molar-refractivity contribution in [2.45, 2.75) is 26.7 Å². The van der Waals surface area contributed by atoms with Crippen LogP contribution in [0, 0.1) is 12.3 Å². The number of nitrogens with zero attached hydrogens (tertiary/aromatic N) is 1. The van der Waals surface area contributed by atoms with Crippen LogP contribution in [0.1, 0.15) is 26.7 Å². The Morgan fingerprint density at radius 3 is 2.31 bits per heavy atom. The molecule has 0 aromatic rings. The van der Waals surface area contributed by atoms with E-state index in [1.165, 1.54) is 0 Å². The van der Waals surface area contributed by atoms with Crippen molar-refractivity contribution in [3.05, 3.63) is 0 Å². The smallest absolute Gasteiger partial charge is 0.410 e. The lowest BCUT2D eigenvalue weighted by molar-refractivity contribution is 0.114. The van der Waals surface area contributed by atoms with Gasteiger partial charge in [-0.25, -0.2) is 4.79 Å². The van der Waals surface area contributed by atoms with Crippen LogP contribution in [0.5, 0.6) is 0 Å². The zero-order chi connectivity index (χ0) is 10.1. The highest BCUT2D eigenvalue weighted by Crippen LogP contribution is 1.97. The van der Waals surface area contributed by atoms with E-state index in [1.54, 1.807) is 4.90 Å². The molecule has 1 amide bonds. The molecule has 74 valence electrons. The van der Waals surface area contributed by atoms with E-state index in [4.69, 9.17) is 11.2 Å². The van der Waals surface area contributed by atoms with E-state index >= 15 is 0 Å². The molecule has 0 aliphatic rings. The Morgan fingerprint density at radius 2 is 1.92 bits per heavy atom. The standard InChI is InChI=1S/C10H17NO2/c1-4-7-11(8-5-2)10(12)13-9-6-3/h3H,4-5,7-9H2,1-2H3. The summed E-state index contributed by atoms with van der Waals surface area (Å²) in [6.07, 6.45) is 6.55. The molecule has 0 spiro atoms. The van der Waals surface area contributed by atoms with Crippen LogP contribution >= 0.6 is 0 Å².